The molecule has 0 saturated heterocycles. The second kappa shape index (κ2) is 29.7. The zero-order chi connectivity index (χ0) is 28.4. The van der Waals surface area contributed by atoms with Crippen LogP contribution in [0.3, 0.4) is 0 Å². The van der Waals surface area contributed by atoms with Crippen LogP contribution in [0.4, 0.5) is 0 Å². The molecule has 0 bridgehead atoms. The molecule has 0 aromatic rings. The Kier molecular flexibility index (Phi) is 44.1. The Hall–Kier alpha value is -1.83. The van der Waals surface area contributed by atoms with E-state index in [1.54, 1.807) is 0 Å². The standard InChI is InChI=1S/C6H8O7.C4H6O6.C3H6O3.C2H5NO2.4Fe/c7-3(8)1-6(13,5(11)12)2-4(9)10;5-1(3(7)8)2(6)4(9)10;1-2(4)3(5)6;3-1-2(4)5;;;;/h13H,1-2H2,(H,7,8)(H,9,10)(H,11,12);1-2,5-6H,(H,7,8)(H,9,10);2,4H,1H3,(H,5,6);1,3H2,(H,4,5);;;;/q;;;;4*+3/p-5. The van der Waals surface area contributed by atoms with Crippen molar-refractivity contribution in [1.82, 2.24) is 0 Å². The van der Waals surface area contributed by atoms with Crippen LogP contribution in [0.1, 0.15) is 19.8 Å². The molecule has 0 fully saturated rings. The third-order valence-electron chi connectivity index (χ3n) is 2.57. The summed E-state index contributed by atoms with van der Waals surface area (Å²) in [7, 11) is 0. The number of carbonyl (C=O) groups excluding carboxylic acids is 5. The van der Waals surface area contributed by atoms with E-state index < -0.39 is 78.5 Å². The van der Waals surface area contributed by atoms with Crippen LogP contribution >= 0.6 is 0 Å². The molecule has 0 aliphatic carbocycles. The number of aliphatic hydroxyl groups excluding tert-OH is 3. The second-order valence-electron chi connectivity index (χ2n) is 5.55. The van der Waals surface area contributed by atoms with Crippen molar-refractivity contribution in [2.45, 2.75) is 43.7 Å². The summed E-state index contributed by atoms with van der Waals surface area (Å²) in [4.78, 5) is 68.1. The van der Waals surface area contributed by atoms with Gasteiger partial charge in [-0.3, -0.25) is 4.79 Å². The molecule has 4 atom stereocenters. The fraction of sp³-hybridized carbons (Fsp3) is 0.533. The number of carboxylic acids is 7. The van der Waals surface area contributed by atoms with Crippen LogP contribution < -0.4 is 31.3 Å². The minimum Gasteiger partial charge on any atom is -0.550 e. The van der Waals surface area contributed by atoms with Crippen molar-refractivity contribution in [2.24, 2.45) is 5.73 Å². The van der Waals surface area contributed by atoms with Crippen molar-refractivity contribution in [1.29, 1.82) is 0 Å². The van der Waals surface area contributed by atoms with Gasteiger partial charge >= 0.3 is 80.2 Å². The van der Waals surface area contributed by atoms with Gasteiger partial charge in [0.2, 0.25) is 0 Å². The number of rotatable bonds is 10. The predicted octanol–water partition coefficient (Wildman–Crippen LogP) is -11.6. The Morgan fingerprint density at radius 3 is 1.05 bits per heavy atom. The molecular formula is C15H20Fe4NO18+7. The molecule has 0 aromatic carbocycles. The van der Waals surface area contributed by atoms with Gasteiger partial charge in [0.15, 0.2) is 5.60 Å². The first-order valence-electron chi connectivity index (χ1n) is 8.10. The van der Waals surface area contributed by atoms with Gasteiger partial charge in [-0.05, 0) is 6.92 Å². The monoisotopic (exact) mass is 726 g/mol. The zero-order valence-electron chi connectivity index (χ0n) is 18.4. The van der Waals surface area contributed by atoms with Crippen LogP contribution in [-0.4, -0.2) is 103 Å². The van der Waals surface area contributed by atoms with E-state index in [1.165, 1.54) is 0 Å². The summed E-state index contributed by atoms with van der Waals surface area (Å²) in [5.74, 6) is -12.1. The van der Waals surface area contributed by atoms with E-state index in [1.807, 2.05) is 0 Å². The van der Waals surface area contributed by atoms with Crippen molar-refractivity contribution >= 4 is 41.8 Å². The number of nitrogens with two attached hydrogens (primary N) is 1. The first-order chi connectivity index (χ1) is 15.2. The average Bonchev–Trinajstić information content (AvgIpc) is 2.66. The maximum Gasteiger partial charge on any atom is 3.00 e. The second-order valence-corrected chi connectivity index (χ2v) is 5.55. The molecule has 8 N–H and O–H groups in total. The molecule has 0 rings (SSSR count). The summed E-state index contributed by atoms with van der Waals surface area (Å²) in [6, 6.07) is 0. The van der Waals surface area contributed by atoms with E-state index in [0.29, 0.717) is 0 Å². The minimum absolute atomic E-state index is 0. The van der Waals surface area contributed by atoms with E-state index in [4.69, 9.17) is 40.5 Å². The molecule has 4 unspecified atom stereocenters. The molecule has 23 heteroatoms. The molecule has 0 aliphatic rings. The van der Waals surface area contributed by atoms with Gasteiger partial charge in [0.1, 0.15) is 12.2 Å². The van der Waals surface area contributed by atoms with Crippen LogP contribution in [0.2, 0.25) is 0 Å². The Labute approximate surface area is 254 Å². The quantitative estimate of drug-likeness (QED) is 0.103. The van der Waals surface area contributed by atoms with Gasteiger partial charge in [-0.1, -0.05) is 0 Å². The number of carboxylic acid groups (broad SMARTS) is 7. The van der Waals surface area contributed by atoms with Crippen molar-refractivity contribution in [3.05, 3.63) is 0 Å². The summed E-state index contributed by atoms with van der Waals surface area (Å²) in [6.07, 6.45) is -8.66. The topological polar surface area (TPSA) is 382 Å². The Balaban J connectivity index is -0.0000000539. The van der Waals surface area contributed by atoms with E-state index in [9.17, 15) is 49.2 Å². The van der Waals surface area contributed by atoms with Gasteiger partial charge in [0, 0.05) is 18.9 Å². The zero-order valence-corrected chi connectivity index (χ0v) is 22.8. The van der Waals surface area contributed by atoms with E-state index in [2.05, 4.69) is 5.73 Å². The fourth-order valence-electron chi connectivity index (χ4n) is 0.960. The Morgan fingerprint density at radius 2 is 0.947 bits per heavy atom. The summed E-state index contributed by atoms with van der Waals surface area (Å²) < 4.78 is 0. The average molecular weight is 726 g/mol. The number of aliphatic hydroxyl groups is 4. The number of aliphatic carboxylic acids is 7. The van der Waals surface area contributed by atoms with E-state index >= 15 is 0 Å². The third kappa shape index (κ3) is 36.3. The molecule has 0 aliphatic heterocycles. The van der Waals surface area contributed by atoms with Crippen LogP contribution in [0, 0.1) is 0 Å². The maximum atomic E-state index is 10.3. The molecule has 0 saturated carbocycles. The smallest absolute Gasteiger partial charge is 0.550 e. The summed E-state index contributed by atoms with van der Waals surface area (Å²) in [6.45, 7) is 0.745. The van der Waals surface area contributed by atoms with Crippen molar-refractivity contribution in [3.8, 4) is 0 Å². The Bertz CT molecular complexity index is 701. The molecule has 38 heavy (non-hydrogen) atoms. The van der Waals surface area contributed by atoms with E-state index in [0.717, 1.165) is 6.92 Å². The van der Waals surface area contributed by atoms with Gasteiger partial charge in [-0.15, -0.1) is 0 Å². The number of carbonyl (C=O) groups is 7. The normalized spacial score (nSPS) is 12.3. The summed E-state index contributed by atoms with van der Waals surface area (Å²) >= 11 is 0. The molecule has 19 nitrogen and oxygen atoms in total. The van der Waals surface area contributed by atoms with Crippen LogP contribution in [0.15, 0.2) is 0 Å². The predicted molar refractivity (Wildman–Crippen MR) is 87.2 cm³/mol. The van der Waals surface area contributed by atoms with Crippen molar-refractivity contribution in [2.75, 3.05) is 6.54 Å². The Morgan fingerprint density at radius 1 is 0.684 bits per heavy atom. The largest absolute Gasteiger partial charge is 3.00 e. The molecule has 0 spiro atoms. The summed E-state index contributed by atoms with van der Waals surface area (Å²) in [5.41, 5.74) is 1.71. The van der Waals surface area contributed by atoms with Crippen LogP contribution in [-0.2, 0) is 102 Å². The van der Waals surface area contributed by atoms with Gasteiger partial charge in [-0.25, -0.2) is 4.79 Å². The first-order valence-corrected chi connectivity index (χ1v) is 8.10. The SMILES string of the molecule is CC(O)C(=O)[O-].NCC(=O)[O-].O=C([O-])C(O)C(O)C(=O)[O-].O=C([O-])CC(O)(CC(=O)O)C(=O)O.[Fe+3].[Fe+3].[Fe+3].[Fe+3]. The molecule has 4 radical (unpaired) electrons. The van der Waals surface area contributed by atoms with Gasteiger partial charge in [-0.2, -0.15) is 0 Å². The molecule has 0 amide bonds. The fourth-order valence-corrected chi connectivity index (χ4v) is 0.960. The number of hydrogen-bond acceptors (Lipinski definition) is 17. The number of hydrogen-bond donors (Lipinski definition) is 7. The van der Waals surface area contributed by atoms with Crippen LogP contribution in [0.25, 0.3) is 0 Å². The molecule has 218 valence electrons. The van der Waals surface area contributed by atoms with Crippen molar-refractivity contribution < 1.29 is 158 Å². The molecule has 0 aromatic heterocycles. The maximum absolute atomic E-state index is 10.3. The van der Waals surface area contributed by atoms with Gasteiger partial charge < -0.3 is 85.9 Å². The van der Waals surface area contributed by atoms with Crippen LogP contribution in [0.5, 0.6) is 0 Å². The first kappa shape index (κ1) is 56.4. The molecule has 0 heterocycles. The molecular weight excluding hydrogens is 706 g/mol. The van der Waals surface area contributed by atoms with Crippen molar-refractivity contribution in [3.63, 3.8) is 0 Å². The third-order valence-corrected chi connectivity index (χ3v) is 2.57. The summed E-state index contributed by atoms with van der Waals surface area (Å²) in [5, 5.41) is 97.7. The minimum atomic E-state index is -2.80. The van der Waals surface area contributed by atoms with Gasteiger partial charge in [0.25, 0.3) is 0 Å². The van der Waals surface area contributed by atoms with E-state index in [-0.39, 0.29) is 74.8 Å². The van der Waals surface area contributed by atoms with Gasteiger partial charge in [0.05, 0.1) is 36.4 Å².